The minimum atomic E-state index is 0.232. The fraction of sp³-hybridized carbons (Fsp3) is 0.600. The van der Waals surface area contributed by atoms with Gasteiger partial charge < -0.3 is 14.8 Å². The molecule has 5 heteroatoms. The van der Waals surface area contributed by atoms with Crippen molar-refractivity contribution in [2.75, 3.05) is 13.2 Å². The van der Waals surface area contributed by atoms with Crippen molar-refractivity contribution >= 4 is 31.9 Å². The van der Waals surface area contributed by atoms with Crippen LogP contribution in [0.3, 0.4) is 0 Å². The Hall–Kier alpha value is -0.100. The van der Waals surface area contributed by atoms with Crippen molar-refractivity contribution in [1.29, 1.82) is 0 Å². The molecule has 0 saturated carbocycles. The molecule has 1 unspecified atom stereocenters. The first-order chi connectivity index (χ1) is 9.56. The largest absolute Gasteiger partial charge is 0.489 e. The number of hydrogen-bond donors (Lipinski definition) is 1. The van der Waals surface area contributed by atoms with E-state index in [4.69, 9.17) is 9.47 Å². The number of benzene rings is 1. The lowest BCUT2D eigenvalue weighted by Gasteiger charge is -2.16. The third-order valence-electron chi connectivity index (χ3n) is 3.21. The molecule has 112 valence electrons. The van der Waals surface area contributed by atoms with E-state index in [1.54, 1.807) is 0 Å². The highest BCUT2D eigenvalue weighted by atomic mass is 79.9. The van der Waals surface area contributed by atoms with Crippen LogP contribution in [0.15, 0.2) is 21.1 Å². The minimum absolute atomic E-state index is 0.232. The summed E-state index contributed by atoms with van der Waals surface area (Å²) in [6, 6.07) is 4.68. The van der Waals surface area contributed by atoms with E-state index in [-0.39, 0.29) is 6.10 Å². The highest BCUT2D eigenvalue weighted by molar-refractivity contribution is 9.11. The van der Waals surface area contributed by atoms with Gasteiger partial charge in [0.15, 0.2) is 0 Å². The number of rotatable bonds is 6. The van der Waals surface area contributed by atoms with Gasteiger partial charge in [0, 0.05) is 19.2 Å². The maximum atomic E-state index is 5.89. The molecule has 0 bridgehead atoms. The Labute approximate surface area is 137 Å². The molecule has 0 radical (unpaired) electrons. The van der Waals surface area contributed by atoms with Crippen LogP contribution >= 0.6 is 31.9 Å². The molecule has 1 aliphatic heterocycles. The lowest BCUT2D eigenvalue weighted by Crippen LogP contribution is -2.22. The first kappa shape index (κ1) is 16.3. The van der Waals surface area contributed by atoms with E-state index in [0.29, 0.717) is 12.6 Å². The average Bonchev–Trinajstić information content (AvgIpc) is 2.88. The Bertz CT molecular complexity index is 422. The van der Waals surface area contributed by atoms with E-state index >= 15 is 0 Å². The van der Waals surface area contributed by atoms with Crippen molar-refractivity contribution < 1.29 is 9.47 Å². The van der Waals surface area contributed by atoms with Crippen LogP contribution in [0.4, 0.5) is 0 Å². The maximum Gasteiger partial charge on any atom is 0.147 e. The van der Waals surface area contributed by atoms with Crippen molar-refractivity contribution in [3.63, 3.8) is 0 Å². The fourth-order valence-corrected chi connectivity index (χ4v) is 3.64. The summed E-state index contributed by atoms with van der Waals surface area (Å²) in [5, 5.41) is 3.41. The van der Waals surface area contributed by atoms with Gasteiger partial charge in [-0.15, -0.1) is 0 Å². The predicted molar refractivity (Wildman–Crippen MR) is 88.3 cm³/mol. The molecule has 1 aromatic rings. The molecular formula is C15H21Br2NO2. The van der Waals surface area contributed by atoms with Crippen LogP contribution < -0.4 is 10.1 Å². The first-order valence-corrected chi connectivity index (χ1v) is 8.60. The Morgan fingerprint density at radius 2 is 2.05 bits per heavy atom. The SMILES string of the molecule is CC(C)NCc1cc(Br)c(OCC2CCCO2)c(Br)c1. The van der Waals surface area contributed by atoms with Crippen LogP contribution in [0, 0.1) is 0 Å². The van der Waals surface area contributed by atoms with Crippen molar-refractivity contribution in [2.45, 2.75) is 45.4 Å². The number of ether oxygens (including phenoxy) is 2. The summed E-state index contributed by atoms with van der Waals surface area (Å²) in [6.45, 7) is 6.60. The van der Waals surface area contributed by atoms with Gasteiger partial charge >= 0.3 is 0 Å². The van der Waals surface area contributed by atoms with E-state index in [1.807, 2.05) is 0 Å². The van der Waals surface area contributed by atoms with Gasteiger partial charge in [-0.05, 0) is 62.4 Å². The molecule has 2 rings (SSSR count). The van der Waals surface area contributed by atoms with Crippen LogP contribution in [0.5, 0.6) is 5.75 Å². The van der Waals surface area contributed by atoms with Gasteiger partial charge in [0.05, 0.1) is 15.0 Å². The quantitative estimate of drug-likeness (QED) is 0.765. The number of hydrogen-bond acceptors (Lipinski definition) is 3. The van der Waals surface area contributed by atoms with Crippen molar-refractivity contribution in [3.05, 3.63) is 26.6 Å². The molecule has 0 aromatic heterocycles. The average molecular weight is 407 g/mol. The second-order valence-corrected chi connectivity index (χ2v) is 7.08. The Kier molecular flexibility index (Phi) is 6.33. The van der Waals surface area contributed by atoms with E-state index in [1.165, 1.54) is 5.56 Å². The molecule has 1 aliphatic rings. The molecule has 1 atom stereocenters. The molecule has 3 nitrogen and oxygen atoms in total. The standard InChI is InChI=1S/C15H21Br2NO2/c1-10(2)18-8-11-6-13(16)15(14(17)7-11)20-9-12-4-3-5-19-12/h6-7,10,12,18H,3-5,8-9H2,1-2H3. The molecule has 1 heterocycles. The Balaban J connectivity index is 1.98. The molecule has 0 amide bonds. The van der Waals surface area contributed by atoms with Gasteiger partial charge in [-0.2, -0.15) is 0 Å². The van der Waals surface area contributed by atoms with Crippen molar-refractivity contribution in [2.24, 2.45) is 0 Å². The van der Waals surface area contributed by atoms with Crippen molar-refractivity contribution in [3.8, 4) is 5.75 Å². The Morgan fingerprint density at radius 3 is 2.60 bits per heavy atom. The van der Waals surface area contributed by atoms with Crippen LogP contribution in [0.1, 0.15) is 32.3 Å². The predicted octanol–water partition coefficient (Wildman–Crippen LogP) is 4.27. The molecule has 1 N–H and O–H groups in total. The van der Waals surface area contributed by atoms with Gasteiger partial charge in [-0.1, -0.05) is 13.8 Å². The molecule has 0 aliphatic carbocycles. The number of halogens is 2. The summed E-state index contributed by atoms with van der Waals surface area (Å²) in [5.41, 5.74) is 1.22. The summed E-state index contributed by atoms with van der Waals surface area (Å²) in [6.07, 6.45) is 2.46. The summed E-state index contributed by atoms with van der Waals surface area (Å²) < 4.78 is 13.4. The maximum absolute atomic E-state index is 5.89. The van der Waals surface area contributed by atoms with Gasteiger partial charge in [0.2, 0.25) is 0 Å². The zero-order valence-electron chi connectivity index (χ0n) is 11.9. The third-order valence-corrected chi connectivity index (χ3v) is 4.39. The topological polar surface area (TPSA) is 30.5 Å². The zero-order valence-corrected chi connectivity index (χ0v) is 15.1. The van der Waals surface area contributed by atoms with Crippen LogP contribution in [-0.4, -0.2) is 25.4 Å². The number of nitrogens with one attached hydrogen (secondary N) is 1. The fourth-order valence-electron chi connectivity index (χ4n) is 2.13. The minimum Gasteiger partial charge on any atom is -0.489 e. The zero-order chi connectivity index (χ0) is 14.5. The summed E-state index contributed by atoms with van der Waals surface area (Å²) in [5.74, 6) is 0.855. The lowest BCUT2D eigenvalue weighted by atomic mass is 10.2. The second-order valence-electron chi connectivity index (χ2n) is 5.37. The highest BCUT2D eigenvalue weighted by Gasteiger charge is 2.18. The Morgan fingerprint density at radius 1 is 1.35 bits per heavy atom. The highest BCUT2D eigenvalue weighted by Crippen LogP contribution is 2.35. The van der Waals surface area contributed by atoms with E-state index in [2.05, 4.69) is 63.2 Å². The normalized spacial score (nSPS) is 18.8. The van der Waals surface area contributed by atoms with Gasteiger partial charge in [-0.25, -0.2) is 0 Å². The van der Waals surface area contributed by atoms with Crippen molar-refractivity contribution in [1.82, 2.24) is 5.32 Å². The molecule has 0 spiro atoms. The van der Waals surface area contributed by atoms with E-state index < -0.39 is 0 Å². The third kappa shape index (κ3) is 4.72. The van der Waals surface area contributed by atoms with Crippen LogP contribution in [0.2, 0.25) is 0 Å². The molecule has 1 fully saturated rings. The summed E-state index contributed by atoms with van der Waals surface area (Å²) in [7, 11) is 0. The second kappa shape index (κ2) is 7.78. The molecule has 1 aromatic carbocycles. The first-order valence-electron chi connectivity index (χ1n) is 7.02. The summed E-state index contributed by atoms with van der Waals surface area (Å²) >= 11 is 7.18. The monoisotopic (exact) mass is 405 g/mol. The smallest absolute Gasteiger partial charge is 0.147 e. The lowest BCUT2D eigenvalue weighted by molar-refractivity contribution is 0.0674. The van der Waals surface area contributed by atoms with E-state index in [9.17, 15) is 0 Å². The van der Waals surface area contributed by atoms with Crippen LogP contribution in [0.25, 0.3) is 0 Å². The van der Waals surface area contributed by atoms with Gasteiger partial charge in [0.1, 0.15) is 12.4 Å². The molecule has 20 heavy (non-hydrogen) atoms. The molecule has 1 saturated heterocycles. The van der Waals surface area contributed by atoms with Gasteiger partial charge in [0.25, 0.3) is 0 Å². The summed E-state index contributed by atoms with van der Waals surface area (Å²) in [4.78, 5) is 0. The van der Waals surface area contributed by atoms with E-state index in [0.717, 1.165) is 40.7 Å². The van der Waals surface area contributed by atoms with Crippen LogP contribution in [-0.2, 0) is 11.3 Å². The molecular weight excluding hydrogens is 386 g/mol. The van der Waals surface area contributed by atoms with Gasteiger partial charge in [-0.3, -0.25) is 0 Å².